The first kappa shape index (κ1) is 11.5. The molecule has 7 heteroatoms. The first-order chi connectivity index (χ1) is 8.13. The van der Waals surface area contributed by atoms with Crippen molar-refractivity contribution in [2.75, 3.05) is 6.61 Å². The highest BCUT2D eigenvalue weighted by molar-refractivity contribution is 5.99. The van der Waals surface area contributed by atoms with E-state index in [1.807, 2.05) is 0 Å². The summed E-state index contributed by atoms with van der Waals surface area (Å²) in [7, 11) is 0. The van der Waals surface area contributed by atoms with Crippen molar-refractivity contribution in [2.45, 2.75) is 12.5 Å². The highest BCUT2D eigenvalue weighted by atomic mass is 16.3. The number of carbonyl (C=O) groups excluding carboxylic acids is 1. The second kappa shape index (κ2) is 4.48. The molecule has 0 fully saturated rings. The molecule has 0 saturated heterocycles. The zero-order chi connectivity index (χ0) is 12.4. The maximum atomic E-state index is 11.4. The van der Waals surface area contributed by atoms with Crippen molar-refractivity contribution < 1.29 is 15.0 Å². The van der Waals surface area contributed by atoms with E-state index >= 15 is 0 Å². The number of nitrogens with two attached hydrogens (primary N) is 1. The van der Waals surface area contributed by atoms with Gasteiger partial charge in [0.25, 0.3) is 5.91 Å². The van der Waals surface area contributed by atoms with E-state index in [9.17, 15) is 9.90 Å². The lowest BCUT2D eigenvalue weighted by molar-refractivity contribution is 0.0934. The fourth-order valence-corrected chi connectivity index (χ4v) is 1.62. The van der Waals surface area contributed by atoms with Crippen LogP contribution in [0.3, 0.4) is 0 Å². The van der Waals surface area contributed by atoms with Crippen molar-refractivity contribution in [1.29, 1.82) is 0 Å². The van der Waals surface area contributed by atoms with Crippen LogP contribution in [0.15, 0.2) is 18.5 Å². The van der Waals surface area contributed by atoms with Gasteiger partial charge in [-0.1, -0.05) is 0 Å². The Labute approximate surface area is 96.5 Å². The Hall–Kier alpha value is -1.99. The van der Waals surface area contributed by atoms with Crippen LogP contribution < -0.4 is 5.73 Å². The number of rotatable bonds is 4. The molecule has 7 nitrogen and oxygen atoms in total. The molecule has 2 rings (SSSR count). The first-order valence-corrected chi connectivity index (χ1v) is 5.04. The van der Waals surface area contributed by atoms with Gasteiger partial charge in [0, 0.05) is 18.8 Å². The number of aliphatic hydroxyl groups is 2. The molecule has 0 bridgehead atoms. The van der Waals surface area contributed by atoms with Gasteiger partial charge >= 0.3 is 0 Å². The predicted molar refractivity (Wildman–Crippen MR) is 58.3 cm³/mol. The summed E-state index contributed by atoms with van der Waals surface area (Å²) in [5.74, 6) is -0.654. The van der Waals surface area contributed by atoms with Crippen LogP contribution in [0.25, 0.3) is 5.65 Å². The molecule has 2 heterocycles. The van der Waals surface area contributed by atoms with Crippen LogP contribution >= 0.6 is 0 Å². The van der Waals surface area contributed by atoms with Crippen molar-refractivity contribution in [2.24, 2.45) is 5.73 Å². The fourth-order valence-electron chi connectivity index (χ4n) is 1.62. The third-order valence-electron chi connectivity index (χ3n) is 2.35. The molecular weight excluding hydrogens is 224 g/mol. The van der Waals surface area contributed by atoms with E-state index in [-0.39, 0.29) is 12.0 Å². The smallest absolute Gasteiger partial charge is 0.254 e. The summed E-state index contributed by atoms with van der Waals surface area (Å²) in [6.07, 6.45) is 2.23. The number of aliphatic hydroxyl groups excluding tert-OH is 2. The van der Waals surface area contributed by atoms with Gasteiger partial charge in [0.2, 0.25) is 0 Å². The number of primary amides is 1. The minimum absolute atomic E-state index is 0.0537. The summed E-state index contributed by atoms with van der Waals surface area (Å²) in [6.45, 7) is -0.403. The molecule has 17 heavy (non-hydrogen) atoms. The summed E-state index contributed by atoms with van der Waals surface area (Å²) in [5.41, 5.74) is 6.12. The number of fused-ring (bicyclic) bond motifs is 1. The van der Waals surface area contributed by atoms with Gasteiger partial charge in [-0.25, -0.2) is 9.50 Å². The molecule has 2 aromatic rings. The van der Waals surface area contributed by atoms with E-state index in [1.165, 1.54) is 10.7 Å². The molecule has 0 radical (unpaired) electrons. The Morgan fingerprint density at radius 2 is 2.35 bits per heavy atom. The topological polar surface area (TPSA) is 114 Å². The molecule has 4 N–H and O–H groups in total. The van der Waals surface area contributed by atoms with Gasteiger partial charge < -0.3 is 15.9 Å². The van der Waals surface area contributed by atoms with Crippen LogP contribution in [0, 0.1) is 0 Å². The number of aromatic nitrogens is 3. The van der Waals surface area contributed by atoms with Crippen LogP contribution in [0.5, 0.6) is 0 Å². The van der Waals surface area contributed by atoms with Crippen LogP contribution in [0.1, 0.15) is 16.1 Å². The molecule has 1 unspecified atom stereocenters. The molecule has 2 aromatic heterocycles. The number of hydrogen-bond donors (Lipinski definition) is 3. The molecule has 0 aliphatic heterocycles. The Bertz CT molecular complexity index is 551. The molecule has 0 aliphatic rings. The normalized spacial score (nSPS) is 12.8. The maximum absolute atomic E-state index is 11.4. The van der Waals surface area contributed by atoms with Crippen LogP contribution in [-0.2, 0) is 6.42 Å². The molecule has 0 aromatic carbocycles. The number of carbonyl (C=O) groups is 1. The van der Waals surface area contributed by atoms with Gasteiger partial charge in [0.05, 0.1) is 18.4 Å². The second-order valence-electron chi connectivity index (χ2n) is 3.61. The second-order valence-corrected chi connectivity index (χ2v) is 3.61. The van der Waals surface area contributed by atoms with Crippen LogP contribution in [-0.4, -0.2) is 43.4 Å². The van der Waals surface area contributed by atoms with Crippen LogP contribution in [0.2, 0.25) is 0 Å². The van der Waals surface area contributed by atoms with Crippen molar-refractivity contribution in [3.05, 3.63) is 29.7 Å². The van der Waals surface area contributed by atoms with E-state index in [0.29, 0.717) is 11.3 Å². The molecular formula is C10H12N4O3. The minimum Gasteiger partial charge on any atom is -0.394 e. The van der Waals surface area contributed by atoms with Crippen molar-refractivity contribution >= 4 is 11.6 Å². The summed E-state index contributed by atoms with van der Waals surface area (Å²) >= 11 is 0. The molecule has 0 aliphatic carbocycles. The highest BCUT2D eigenvalue weighted by Crippen LogP contribution is 2.14. The summed E-state index contributed by atoms with van der Waals surface area (Å²) in [5, 5.41) is 22.3. The van der Waals surface area contributed by atoms with E-state index in [0.717, 1.165) is 0 Å². The van der Waals surface area contributed by atoms with Gasteiger partial charge in [-0.15, -0.1) is 0 Å². The largest absolute Gasteiger partial charge is 0.394 e. The monoisotopic (exact) mass is 236 g/mol. The van der Waals surface area contributed by atoms with Crippen molar-refractivity contribution in [1.82, 2.24) is 14.6 Å². The Morgan fingerprint density at radius 3 is 3.00 bits per heavy atom. The third kappa shape index (κ3) is 2.10. The average Bonchev–Trinajstić information content (AvgIpc) is 2.66. The van der Waals surface area contributed by atoms with Crippen LogP contribution in [0.4, 0.5) is 0 Å². The summed E-state index contributed by atoms with van der Waals surface area (Å²) in [6, 6.07) is 1.66. The Balaban J connectivity index is 2.54. The van der Waals surface area contributed by atoms with Gasteiger partial charge in [-0.05, 0) is 6.07 Å². The molecule has 90 valence electrons. The van der Waals surface area contributed by atoms with Gasteiger partial charge in [-0.2, -0.15) is 5.10 Å². The number of hydrogen-bond acceptors (Lipinski definition) is 5. The standard InChI is InChI=1S/C10H12N4O3/c11-9(17)8-7(4-6(16)5-15)13-14-3-1-2-12-10(8)14/h1-3,6,15-16H,4-5H2,(H2,11,17). The van der Waals surface area contributed by atoms with E-state index in [4.69, 9.17) is 10.8 Å². The fraction of sp³-hybridized carbons (Fsp3) is 0.300. The average molecular weight is 236 g/mol. The lowest BCUT2D eigenvalue weighted by atomic mass is 10.1. The number of nitrogens with zero attached hydrogens (tertiary/aromatic N) is 3. The van der Waals surface area contributed by atoms with E-state index in [1.54, 1.807) is 12.3 Å². The highest BCUT2D eigenvalue weighted by Gasteiger charge is 2.20. The van der Waals surface area contributed by atoms with E-state index < -0.39 is 18.6 Å². The zero-order valence-electron chi connectivity index (χ0n) is 8.95. The molecule has 1 atom stereocenters. The minimum atomic E-state index is -0.974. The molecule has 0 saturated carbocycles. The lowest BCUT2D eigenvalue weighted by Crippen LogP contribution is -2.19. The lowest BCUT2D eigenvalue weighted by Gasteiger charge is -2.04. The quantitative estimate of drug-likeness (QED) is 0.612. The third-order valence-corrected chi connectivity index (χ3v) is 2.35. The molecule has 0 spiro atoms. The Morgan fingerprint density at radius 1 is 1.59 bits per heavy atom. The van der Waals surface area contributed by atoms with Crippen molar-refractivity contribution in [3.8, 4) is 0 Å². The first-order valence-electron chi connectivity index (χ1n) is 5.04. The predicted octanol–water partition coefficient (Wildman–Crippen LogP) is -1.28. The van der Waals surface area contributed by atoms with Crippen molar-refractivity contribution in [3.63, 3.8) is 0 Å². The summed E-state index contributed by atoms with van der Waals surface area (Å²) in [4.78, 5) is 15.4. The van der Waals surface area contributed by atoms with Gasteiger partial charge in [0.15, 0.2) is 5.65 Å². The number of amides is 1. The molecule has 1 amide bonds. The zero-order valence-corrected chi connectivity index (χ0v) is 8.95. The maximum Gasteiger partial charge on any atom is 0.254 e. The van der Waals surface area contributed by atoms with E-state index in [2.05, 4.69) is 10.1 Å². The SMILES string of the molecule is NC(=O)c1c(CC(O)CO)nn2cccnc12. The van der Waals surface area contributed by atoms with Gasteiger partial charge in [0.1, 0.15) is 5.56 Å². The summed E-state index contributed by atoms with van der Waals surface area (Å²) < 4.78 is 1.42. The van der Waals surface area contributed by atoms with Gasteiger partial charge in [-0.3, -0.25) is 4.79 Å². The Kier molecular flexibility index (Phi) is 3.03.